The fourth-order valence-electron chi connectivity index (χ4n) is 3.11. The largest absolute Gasteiger partial charge is 0.352 e. The lowest BCUT2D eigenvalue weighted by Crippen LogP contribution is -2.29. The molecule has 31 heavy (non-hydrogen) atoms. The van der Waals surface area contributed by atoms with Crippen molar-refractivity contribution in [2.24, 2.45) is 0 Å². The molecule has 0 heterocycles. The third kappa shape index (κ3) is 7.75. The van der Waals surface area contributed by atoms with Gasteiger partial charge in [0, 0.05) is 19.6 Å². The second-order valence-electron chi connectivity index (χ2n) is 7.72. The maximum Gasteiger partial charge on any atom is 0.254 e. The molecular weight excluding hydrogens is 400 g/mol. The molecule has 2 amide bonds. The quantitative estimate of drug-likeness (QED) is 0.533. The number of rotatable bonds is 11. The number of nitrogens with one attached hydrogen (secondary N) is 2. The predicted molar refractivity (Wildman–Crippen MR) is 118 cm³/mol. The number of carbonyl (C=O) groups is 2. The highest BCUT2D eigenvalue weighted by molar-refractivity contribution is 5.95. The first-order valence-electron chi connectivity index (χ1n) is 10.6. The van der Waals surface area contributed by atoms with E-state index in [1.807, 2.05) is 14.0 Å². The molecule has 7 heteroatoms. The highest BCUT2D eigenvalue weighted by Gasteiger charge is 2.13. The van der Waals surface area contributed by atoms with Gasteiger partial charge in [-0.25, -0.2) is 8.78 Å². The SMILES string of the molecule is CCCNC(=O)c1ccc(CCN(C)CCCNC(=O)c2ccc(C)cc2F)cc1F. The first kappa shape index (κ1) is 24.5. The minimum absolute atomic E-state index is 0.0489. The standard InChI is InChI=1S/C24H31F2N3O2/c1-4-11-27-23(30)20-9-7-18(16-22(20)26)10-14-29(3)13-5-12-28-24(31)19-8-6-17(2)15-21(19)25/h6-9,15-16H,4-5,10-14H2,1-3H3,(H,27,30)(H,28,31). The third-order valence-electron chi connectivity index (χ3n) is 4.97. The number of halogens is 2. The third-order valence-corrected chi connectivity index (χ3v) is 4.97. The van der Waals surface area contributed by atoms with Gasteiger partial charge in [-0.15, -0.1) is 0 Å². The molecule has 2 N–H and O–H groups in total. The molecule has 0 unspecified atom stereocenters. The zero-order chi connectivity index (χ0) is 22.8. The van der Waals surface area contributed by atoms with Gasteiger partial charge in [0.2, 0.25) is 0 Å². The summed E-state index contributed by atoms with van der Waals surface area (Å²) in [4.78, 5) is 26.1. The lowest BCUT2D eigenvalue weighted by atomic mass is 10.1. The van der Waals surface area contributed by atoms with E-state index in [1.165, 1.54) is 24.3 Å². The summed E-state index contributed by atoms with van der Waals surface area (Å²) in [6.07, 6.45) is 2.15. The highest BCUT2D eigenvalue weighted by atomic mass is 19.1. The summed E-state index contributed by atoms with van der Waals surface area (Å²) >= 11 is 0. The Balaban J connectivity index is 1.72. The van der Waals surface area contributed by atoms with Crippen molar-refractivity contribution in [2.45, 2.75) is 33.1 Å². The van der Waals surface area contributed by atoms with Crippen molar-refractivity contribution in [2.75, 3.05) is 33.2 Å². The van der Waals surface area contributed by atoms with Crippen LogP contribution in [-0.4, -0.2) is 49.9 Å². The van der Waals surface area contributed by atoms with Gasteiger partial charge >= 0.3 is 0 Å². The molecule has 5 nitrogen and oxygen atoms in total. The molecule has 0 saturated carbocycles. The molecule has 0 aliphatic rings. The van der Waals surface area contributed by atoms with Gasteiger partial charge in [-0.1, -0.05) is 19.1 Å². The number of amides is 2. The van der Waals surface area contributed by atoms with Crippen molar-refractivity contribution in [1.82, 2.24) is 15.5 Å². The molecule has 0 radical (unpaired) electrons. The molecule has 0 fully saturated rings. The summed E-state index contributed by atoms with van der Waals surface area (Å²) in [6.45, 7) is 6.11. The van der Waals surface area contributed by atoms with Crippen molar-refractivity contribution in [3.63, 3.8) is 0 Å². The van der Waals surface area contributed by atoms with Crippen LogP contribution in [0.15, 0.2) is 36.4 Å². The zero-order valence-corrected chi connectivity index (χ0v) is 18.4. The molecule has 0 saturated heterocycles. The number of aryl methyl sites for hydroxylation is 1. The number of carbonyl (C=O) groups excluding carboxylic acids is 2. The molecule has 0 bridgehead atoms. The van der Waals surface area contributed by atoms with Crippen molar-refractivity contribution in [3.8, 4) is 0 Å². The summed E-state index contributed by atoms with van der Waals surface area (Å²) in [6, 6.07) is 9.24. The minimum Gasteiger partial charge on any atom is -0.352 e. The number of nitrogens with zero attached hydrogens (tertiary/aromatic N) is 1. The average Bonchev–Trinajstić information content (AvgIpc) is 2.73. The number of benzene rings is 2. The Kier molecular flexibility index (Phi) is 9.59. The van der Waals surface area contributed by atoms with Gasteiger partial charge in [0.15, 0.2) is 0 Å². The number of likely N-dealkylation sites (N-methyl/N-ethyl adjacent to an activating group) is 1. The summed E-state index contributed by atoms with van der Waals surface area (Å²) in [5.74, 6) is -1.84. The van der Waals surface area contributed by atoms with E-state index in [1.54, 1.807) is 19.1 Å². The molecule has 0 aliphatic heterocycles. The summed E-state index contributed by atoms with van der Waals surface area (Å²) < 4.78 is 28.1. The predicted octanol–water partition coefficient (Wildman–Crippen LogP) is 3.71. The van der Waals surface area contributed by atoms with Crippen LogP contribution < -0.4 is 10.6 Å². The van der Waals surface area contributed by atoms with Gasteiger partial charge in [0.25, 0.3) is 11.8 Å². The topological polar surface area (TPSA) is 61.4 Å². The monoisotopic (exact) mass is 431 g/mol. The normalized spacial score (nSPS) is 10.9. The fourth-order valence-corrected chi connectivity index (χ4v) is 3.11. The van der Waals surface area contributed by atoms with E-state index in [0.717, 1.165) is 24.1 Å². The Labute approximate surface area is 182 Å². The lowest BCUT2D eigenvalue weighted by Gasteiger charge is -2.17. The van der Waals surface area contributed by atoms with Crippen molar-refractivity contribution < 1.29 is 18.4 Å². The van der Waals surface area contributed by atoms with E-state index in [2.05, 4.69) is 15.5 Å². The number of hydrogen-bond donors (Lipinski definition) is 2. The molecule has 0 atom stereocenters. The molecule has 2 rings (SSSR count). The Hall–Kier alpha value is -2.80. The van der Waals surface area contributed by atoms with Crippen LogP contribution in [-0.2, 0) is 6.42 Å². The maximum atomic E-state index is 14.2. The Morgan fingerprint density at radius 3 is 2.13 bits per heavy atom. The number of hydrogen-bond acceptors (Lipinski definition) is 3. The summed E-state index contributed by atoms with van der Waals surface area (Å²) in [7, 11) is 1.95. The second-order valence-corrected chi connectivity index (χ2v) is 7.72. The Morgan fingerprint density at radius 1 is 0.903 bits per heavy atom. The van der Waals surface area contributed by atoms with Crippen LogP contribution in [0.3, 0.4) is 0 Å². The average molecular weight is 432 g/mol. The Morgan fingerprint density at radius 2 is 1.52 bits per heavy atom. The van der Waals surface area contributed by atoms with Gasteiger partial charge in [-0.05, 0) is 75.2 Å². The van der Waals surface area contributed by atoms with Crippen molar-refractivity contribution in [1.29, 1.82) is 0 Å². The van der Waals surface area contributed by atoms with Gasteiger partial charge in [-0.3, -0.25) is 9.59 Å². The first-order chi connectivity index (χ1) is 14.8. The van der Waals surface area contributed by atoms with E-state index >= 15 is 0 Å². The second kappa shape index (κ2) is 12.2. The Bertz CT molecular complexity index is 902. The van der Waals surface area contributed by atoms with Crippen molar-refractivity contribution >= 4 is 11.8 Å². The van der Waals surface area contributed by atoms with Gasteiger partial charge in [0.1, 0.15) is 11.6 Å². The van der Waals surface area contributed by atoms with Gasteiger partial charge in [-0.2, -0.15) is 0 Å². The van der Waals surface area contributed by atoms with E-state index in [-0.39, 0.29) is 11.1 Å². The van der Waals surface area contributed by atoms with Crippen LogP contribution in [0.25, 0.3) is 0 Å². The minimum atomic E-state index is -0.518. The van der Waals surface area contributed by atoms with E-state index in [0.29, 0.717) is 32.5 Å². The molecule has 0 aromatic heterocycles. The van der Waals surface area contributed by atoms with Crippen LogP contribution in [0.2, 0.25) is 0 Å². The zero-order valence-electron chi connectivity index (χ0n) is 18.4. The van der Waals surface area contributed by atoms with Crippen LogP contribution in [0.5, 0.6) is 0 Å². The van der Waals surface area contributed by atoms with E-state index in [4.69, 9.17) is 0 Å². The van der Waals surface area contributed by atoms with E-state index in [9.17, 15) is 18.4 Å². The van der Waals surface area contributed by atoms with Gasteiger partial charge in [0.05, 0.1) is 11.1 Å². The van der Waals surface area contributed by atoms with Crippen LogP contribution in [0, 0.1) is 18.6 Å². The molecule has 2 aromatic rings. The highest BCUT2D eigenvalue weighted by Crippen LogP contribution is 2.12. The van der Waals surface area contributed by atoms with Crippen LogP contribution >= 0.6 is 0 Å². The van der Waals surface area contributed by atoms with Crippen LogP contribution in [0.1, 0.15) is 51.6 Å². The lowest BCUT2D eigenvalue weighted by molar-refractivity contribution is 0.0940. The maximum absolute atomic E-state index is 14.2. The molecule has 168 valence electrons. The first-order valence-corrected chi connectivity index (χ1v) is 10.6. The molecule has 0 aliphatic carbocycles. The molecular formula is C24H31F2N3O2. The smallest absolute Gasteiger partial charge is 0.254 e. The van der Waals surface area contributed by atoms with Gasteiger partial charge < -0.3 is 15.5 Å². The molecule has 2 aromatic carbocycles. The summed E-state index contributed by atoms with van der Waals surface area (Å²) in [5.41, 5.74) is 1.70. The molecule has 0 spiro atoms. The van der Waals surface area contributed by atoms with Crippen LogP contribution in [0.4, 0.5) is 8.78 Å². The van der Waals surface area contributed by atoms with Crippen molar-refractivity contribution in [3.05, 3.63) is 70.3 Å². The summed E-state index contributed by atoms with van der Waals surface area (Å²) in [5, 5.41) is 5.41. The van der Waals surface area contributed by atoms with E-state index < -0.39 is 23.4 Å². The fraction of sp³-hybridized carbons (Fsp3) is 0.417.